The van der Waals surface area contributed by atoms with Gasteiger partial charge in [0, 0.05) is 52.2 Å². The molecule has 0 radical (unpaired) electrons. The van der Waals surface area contributed by atoms with Crippen molar-refractivity contribution in [2.75, 3.05) is 49.1 Å². The number of aliphatic hydroxyl groups excluding tert-OH is 3. The molecule has 28 heteroatoms. The van der Waals surface area contributed by atoms with Crippen molar-refractivity contribution in [3.63, 3.8) is 0 Å². The second-order valence-electron chi connectivity index (χ2n) is 26.5. The minimum Gasteiger partial charge on any atom is -0.507 e. The Balaban J connectivity index is -0.000000348. The number of benzene rings is 9. The van der Waals surface area contributed by atoms with E-state index in [-0.39, 0.29) is 125 Å². The number of phenolic OH excluding ortho intramolecular Hbond substituents is 2. The van der Waals surface area contributed by atoms with Gasteiger partial charge in [-0.05, 0) is 179 Å². The van der Waals surface area contributed by atoms with Crippen LogP contribution in [-0.4, -0.2) is 136 Å². The number of phenols is 2. The molecule has 0 aliphatic rings. The first-order chi connectivity index (χ1) is 65.5. The van der Waals surface area contributed by atoms with Gasteiger partial charge in [-0.15, -0.1) is 0 Å². The summed E-state index contributed by atoms with van der Waals surface area (Å²) in [6.07, 6.45) is 0.00481. The summed E-state index contributed by atoms with van der Waals surface area (Å²) in [6, 6.07) is 62.7. The van der Waals surface area contributed by atoms with Crippen LogP contribution in [0.15, 0.2) is 255 Å². The third-order valence-electron chi connectivity index (χ3n) is 17.6. The molecule has 2 unspecified atom stereocenters. The molecule has 4 heterocycles. The number of carbonyl (C=O) groups excluding carboxylic acids is 8. The van der Waals surface area contributed by atoms with Crippen LogP contribution >= 0.6 is 0 Å². The Bertz CT molecular complexity index is 5680. The molecular weight excluding hydrogens is 1770 g/mol. The van der Waals surface area contributed by atoms with Gasteiger partial charge in [0.2, 0.25) is 5.75 Å². The summed E-state index contributed by atoms with van der Waals surface area (Å²) in [5.74, 6) is -2.05. The smallest absolute Gasteiger partial charge is 0.382 e. The lowest BCUT2D eigenvalue weighted by molar-refractivity contribution is -0.119. The lowest BCUT2D eigenvalue weighted by Crippen LogP contribution is -2.19. The van der Waals surface area contributed by atoms with Gasteiger partial charge in [0.25, 0.3) is 0 Å². The van der Waals surface area contributed by atoms with Crippen molar-refractivity contribution in [2.24, 2.45) is 11.8 Å². The number of methoxy groups -OCH3 is 2. The van der Waals surface area contributed by atoms with Gasteiger partial charge in [0.05, 0.1) is 67.6 Å². The number of ketones is 8. The number of rotatable bonds is 17. The van der Waals surface area contributed by atoms with Crippen molar-refractivity contribution >= 4 is 90.1 Å². The van der Waals surface area contributed by atoms with Gasteiger partial charge in [0.15, 0.2) is 48.3 Å². The number of ether oxygens (including phenoxy) is 4. The molecule has 0 spiro atoms. The number of Topliss-reactive ketones (excluding diaryl/α,β-unsaturated/α-hetero) is 8. The van der Waals surface area contributed by atoms with Crippen molar-refractivity contribution in [1.29, 1.82) is 0 Å². The van der Waals surface area contributed by atoms with E-state index in [0.29, 0.717) is 66.5 Å². The fourth-order valence-electron chi connectivity index (χ4n) is 10.7. The Hall–Kier alpha value is -14.4. The summed E-state index contributed by atoms with van der Waals surface area (Å²) in [7, 11) is 5.98. The molecule has 4 aromatic heterocycles. The predicted molar refractivity (Wildman–Crippen MR) is 551 cm³/mol. The van der Waals surface area contributed by atoms with Gasteiger partial charge in [-0.3, -0.25) is 38.4 Å². The number of para-hydroxylation sites is 6. The average molecular weight is 1920 g/mol. The lowest BCUT2D eigenvalue weighted by Gasteiger charge is -2.09. The van der Waals surface area contributed by atoms with Gasteiger partial charge in [-0.1, -0.05) is 236 Å². The highest BCUT2D eigenvalue weighted by molar-refractivity contribution is 6.12. The van der Waals surface area contributed by atoms with Crippen LogP contribution in [-0.2, 0) is 23.9 Å². The molecule has 8 N–H and O–H groups in total. The zero-order valence-corrected chi connectivity index (χ0v) is 84.8. The largest absolute Gasteiger partial charge is 0.507 e. The fourth-order valence-corrected chi connectivity index (χ4v) is 10.7. The third-order valence-corrected chi connectivity index (χ3v) is 17.6. The maximum atomic E-state index is 11.8. The molecule has 9 aromatic carbocycles. The van der Waals surface area contributed by atoms with Gasteiger partial charge in [-0.2, -0.15) is 0 Å². The summed E-state index contributed by atoms with van der Waals surface area (Å²) >= 11 is 0. The molecule has 138 heavy (non-hydrogen) atoms. The first-order valence-electron chi connectivity index (χ1n) is 44.1. The average Bonchev–Trinajstić information content (AvgIpc) is 0.802. The Morgan fingerprint density at radius 3 is 0.862 bits per heavy atom. The minimum absolute atomic E-state index is 0. The Morgan fingerprint density at radius 2 is 0.558 bits per heavy atom. The highest BCUT2D eigenvalue weighted by Crippen LogP contribution is 2.33. The normalized spacial score (nSPS) is 9.57. The number of aliphatic hydroxyl groups is 3. The molecule has 0 fully saturated rings. The molecule has 0 bridgehead atoms. The maximum Gasteiger partial charge on any atom is 0.382 e. The summed E-state index contributed by atoms with van der Waals surface area (Å²) < 4.78 is 40.0. The quantitative estimate of drug-likeness (QED) is 0.0182. The molecule has 28 nitrogen and oxygen atoms in total. The summed E-state index contributed by atoms with van der Waals surface area (Å²) in [6.45, 7) is 44.9. The first-order valence-corrected chi connectivity index (χ1v) is 44.1. The van der Waals surface area contributed by atoms with Crippen molar-refractivity contribution in [3.05, 3.63) is 321 Å². The van der Waals surface area contributed by atoms with Crippen LogP contribution in [0.2, 0.25) is 0 Å². The predicted octanol–water partition coefficient (Wildman–Crippen LogP) is 23.0. The summed E-state index contributed by atoms with van der Waals surface area (Å²) in [5.41, 5.74) is 6.06. The minimum atomic E-state index is -0.829. The Labute approximate surface area is 811 Å². The highest BCUT2D eigenvalue weighted by atomic mass is 16.7. The SMILES string of the molecule is C.CC.CC.CC.CC.CC.CC.CC(=O)C(C)C(=O)c1ccccc1C.CC(=O)C(C)C(=O)c1ccccc1O.CC(=O)CC(=O)c1ccccc1C.CC(=O)c1ccccc1C.CC(=O)c1ccccc1O.CO.CO.CO.COCOc1c(C)c(=O)oc2ccccc12.COCOc1c(O)c(=O)oc2ccccc12.Cc1c(O)c2ccccc2oc1=O.Cc1c(O)c2ccccc2oc1=O. The monoisotopic (exact) mass is 1920 g/mol. The van der Waals surface area contributed by atoms with Gasteiger partial charge >= 0.3 is 22.5 Å². The second kappa shape index (κ2) is 77.8. The number of aryl methyl sites for hydroxylation is 3. The molecule has 0 aliphatic heterocycles. The fraction of sp³-hybridized carbons (Fsp3) is 0.327. The highest BCUT2D eigenvalue weighted by Gasteiger charge is 2.23. The van der Waals surface area contributed by atoms with Crippen molar-refractivity contribution in [1.82, 2.24) is 0 Å². The van der Waals surface area contributed by atoms with Gasteiger partial charge < -0.3 is 77.5 Å². The van der Waals surface area contributed by atoms with E-state index in [2.05, 4.69) is 0 Å². The number of hydrogen-bond donors (Lipinski definition) is 8. The standard InChI is InChI=1S/C12H12O4.C12H14O2.C11H10O5.C11H12O3.C11H12O2.2C10H8O3.C9H10O.C8H8O2.6C2H6.3CH4O.CH4/c1-8-11(15-7-14-2)9-5-3-4-6-10(9)16-12(8)13;1-8-6-4-5-7-11(8)12(14)9(2)10(3)13;1-14-6-15-10-7-4-2-3-5-8(7)16-11(13)9(10)12;1-7(8(2)12)11(14)9-5-3-4-6-10(9)13;1-8-5-3-4-6-10(8)11(13)7-9(2)12;2*1-6-9(11)7-4-2-3-5-8(7)13-10(6)12;1-7-5-3-4-6-9(7)8(2)10;1-6(9)7-4-2-3-5-8(7)10;9*1-2;/h3-6H,7H2,1-2H3;4-7,9H,1-3H3;2-5,12H,6H2,1H3;3-7,13H,1-2H3;3-6H,7H2,1-2H3;2*2-5,11H,1H3;3-6H,1-2H3;2-5,10H,1H3;6*1-2H3;3*2H,1H3;1H4. The van der Waals surface area contributed by atoms with E-state index >= 15 is 0 Å². The van der Waals surface area contributed by atoms with Crippen LogP contribution in [0.5, 0.6) is 40.2 Å². The molecule has 13 aromatic rings. The zero-order valence-electron chi connectivity index (χ0n) is 84.8. The lowest BCUT2D eigenvalue weighted by atomic mass is 9.93. The molecule has 2 atom stereocenters. The van der Waals surface area contributed by atoms with Crippen molar-refractivity contribution in [3.8, 4) is 40.2 Å². The van der Waals surface area contributed by atoms with Crippen LogP contribution in [0.4, 0.5) is 0 Å². The molecule has 754 valence electrons. The number of hydrogen-bond acceptors (Lipinski definition) is 28. The maximum absolute atomic E-state index is 11.8. The molecular formula is C110H146O28. The number of aromatic hydroxyl groups is 5. The van der Waals surface area contributed by atoms with Crippen LogP contribution in [0.3, 0.4) is 0 Å². The topological polar surface area (TPSA) is 456 Å². The van der Waals surface area contributed by atoms with E-state index < -0.39 is 34.5 Å². The van der Waals surface area contributed by atoms with Crippen molar-refractivity contribution < 1.29 is 116 Å². The second-order valence-corrected chi connectivity index (χ2v) is 26.5. The van der Waals surface area contributed by atoms with E-state index in [0.717, 1.165) is 49.0 Å². The van der Waals surface area contributed by atoms with Crippen LogP contribution in [0.25, 0.3) is 43.9 Å². The van der Waals surface area contributed by atoms with Gasteiger partial charge in [-0.25, -0.2) is 19.2 Å². The zero-order chi connectivity index (χ0) is 106. The third kappa shape index (κ3) is 45.7. The van der Waals surface area contributed by atoms with Crippen molar-refractivity contribution in [2.45, 2.75) is 187 Å². The van der Waals surface area contributed by atoms with E-state index in [9.17, 15) is 78.0 Å². The Morgan fingerprint density at radius 1 is 0.304 bits per heavy atom. The summed E-state index contributed by atoms with van der Waals surface area (Å²) in [5, 5.41) is 70.6. The Kier molecular flexibility index (Phi) is 75.8. The molecule has 0 amide bonds. The van der Waals surface area contributed by atoms with E-state index in [4.69, 9.17) is 57.0 Å². The van der Waals surface area contributed by atoms with Crippen LogP contribution in [0, 0.1) is 53.4 Å². The number of fused-ring (bicyclic) bond motifs is 4. The number of carbonyl (C=O) groups is 8. The summed E-state index contributed by atoms with van der Waals surface area (Å²) in [4.78, 5) is 134. The molecule has 0 aliphatic carbocycles. The van der Waals surface area contributed by atoms with E-state index in [1.165, 1.54) is 80.9 Å². The first kappa shape index (κ1) is 134. The van der Waals surface area contributed by atoms with E-state index in [1.807, 2.05) is 171 Å². The molecule has 13 rings (SSSR count). The van der Waals surface area contributed by atoms with Crippen LogP contribution < -0.4 is 32.0 Å². The van der Waals surface area contributed by atoms with Gasteiger partial charge in [0.1, 0.15) is 68.4 Å². The molecule has 0 saturated carbocycles. The molecule has 0 saturated heterocycles. The van der Waals surface area contributed by atoms with E-state index in [1.54, 1.807) is 154 Å². The van der Waals surface area contributed by atoms with Crippen LogP contribution in [0.1, 0.15) is 231 Å².